The maximum absolute atomic E-state index is 3.62. The van der Waals surface area contributed by atoms with Crippen LogP contribution >= 0.6 is 15.9 Å². The van der Waals surface area contributed by atoms with Gasteiger partial charge in [0, 0.05) is 4.47 Å². The number of benzene rings is 1. The number of aryl methyl sites for hydroxylation is 3. The van der Waals surface area contributed by atoms with Gasteiger partial charge in [0.2, 0.25) is 0 Å². The quantitative estimate of drug-likeness (QED) is 0.741. The molecule has 1 rings (SSSR count). The van der Waals surface area contributed by atoms with E-state index in [1.807, 2.05) is 0 Å². The standard InChI is InChI=1S/C12H17Br/c1-4-6-11-7-9(3)10(5-2)8-12(11)13/h7-8H,4-6H2,1-3H3. The third-order valence-corrected chi connectivity index (χ3v) is 3.14. The first-order valence-corrected chi connectivity index (χ1v) is 5.76. The normalized spacial score (nSPS) is 10.5. The van der Waals surface area contributed by atoms with Gasteiger partial charge < -0.3 is 0 Å². The van der Waals surface area contributed by atoms with Gasteiger partial charge in [-0.3, -0.25) is 0 Å². The predicted octanol–water partition coefficient (Wildman–Crippen LogP) is 4.27. The lowest BCUT2D eigenvalue weighted by atomic mass is 10.0. The summed E-state index contributed by atoms with van der Waals surface area (Å²) in [5.41, 5.74) is 4.32. The molecule has 0 aliphatic heterocycles. The lowest BCUT2D eigenvalue weighted by Gasteiger charge is -2.08. The summed E-state index contributed by atoms with van der Waals surface area (Å²) in [5, 5.41) is 0. The molecule has 72 valence electrons. The fraction of sp³-hybridized carbons (Fsp3) is 0.500. The van der Waals surface area contributed by atoms with Crippen molar-refractivity contribution in [1.82, 2.24) is 0 Å². The second-order valence-electron chi connectivity index (χ2n) is 3.47. The highest BCUT2D eigenvalue weighted by atomic mass is 79.9. The zero-order valence-electron chi connectivity index (χ0n) is 8.65. The zero-order chi connectivity index (χ0) is 9.84. The summed E-state index contributed by atoms with van der Waals surface area (Å²) in [5.74, 6) is 0. The molecule has 0 heterocycles. The van der Waals surface area contributed by atoms with Crippen molar-refractivity contribution in [2.75, 3.05) is 0 Å². The number of rotatable bonds is 3. The van der Waals surface area contributed by atoms with Crippen LogP contribution < -0.4 is 0 Å². The summed E-state index contributed by atoms with van der Waals surface area (Å²) in [6, 6.07) is 4.58. The fourth-order valence-electron chi connectivity index (χ4n) is 1.62. The van der Waals surface area contributed by atoms with Gasteiger partial charge in [0.15, 0.2) is 0 Å². The Balaban J connectivity index is 3.05. The lowest BCUT2D eigenvalue weighted by Crippen LogP contribution is -1.92. The van der Waals surface area contributed by atoms with E-state index < -0.39 is 0 Å². The third-order valence-electron chi connectivity index (χ3n) is 2.41. The van der Waals surface area contributed by atoms with Gasteiger partial charge in [0.05, 0.1) is 0 Å². The van der Waals surface area contributed by atoms with Crippen LogP contribution in [0.5, 0.6) is 0 Å². The highest BCUT2D eigenvalue weighted by Crippen LogP contribution is 2.23. The van der Waals surface area contributed by atoms with Crippen LogP contribution in [0.2, 0.25) is 0 Å². The molecule has 0 radical (unpaired) electrons. The van der Waals surface area contributed by atoms with E-state index in [1.54, 1.807) is 0 Å². The molecule has 0 aliphatic carbocycles. The topological polar surface area (TPSA) is 0 Å². The van der Waals surface area contributed by atoms with Crippen LogP contribution in [0, 0.1) is 6.92 Å². The van der Waals surface area contributed by atoms with E-state index >= 15 is 0 Å². The average molecular weight is 241 g/mol. The maximum Gasteiger partial charge on any atom is 0.0210 e. The van der Waals surface area contributed by atoms with Crippen molar-refractivity contribution in [3.8, 4) is 0 Å². The van der Waals surface area contributed by atoms with Crippen LogP contribution in [0.25, 0.3) is 0 Å². The van der Waals surface area contributed by atoms with Gasteiger partial charge in [0.1, 0.15) is 0 Å². The average Bonchev–Trinajstić information content (AvgIpc) is 2.11. The highest BCUT2D eigenvalue weighted by Gasteiger charge is 2.03. The molecule has 0 bridgehead atoms. The van der Waals surface area contributed by atoms with Gasteiger partial charge in [-0.25, -0.2) is 0 Å². The molecule has 0 spiro atoms. The van der Waals surface area contributed by atoms with Gasteiger partial charge >= 0.3 is 0 Å². The van der Waals surface area contributed by atoms with Crippen LogP contribution in [-0.4, -0.2) is 0 Å². The van der Waals surface area contributed by atoms with Crippen LogP contribution in [0.15, 0.2) is 16.6 Å². The van der Waals surface area contributed by atoms with E-state index in [9.17, 15) is 0 Å². The minimum absolute atomic E-state index is 1.12. The molecule has 1 aromatic carbocycles. The van der Waals surface area contributed by atoms with Gasteiger partial charge in [0.25, 0.3) is 0 Å². The molecule has 0 saturated carbocycles. The first-order valence-electron chi connectivity index (χ1n) is 4.97. The molecule has 0 nitrogen and oxygen atoms in total. The molecule has 0 unspecified atom stereocenters. The number of hydrogen-bond acceptors (Lipinski definition) is 0. The maximum atomic E-state index is 3.62. The van der Waals surface area contributed by atoms with E-state index in [2.05, 4.69) is 48.8 Å². The van der Waals surface area contributed by atoms with Gasteiger partial charge in [-0.05, 0) is 42.5 Å². The molecular formula is C12H17Br. The van der Waals surface area contributed by atoms with Crippen molar-refractivity contribution in [3.05, 3.63) is 33.3 Å². The second kappa shape index (κ2) is 4.80. The highest BCUT2D eigenvalue weighted by molar-refractivity contribution is 9.10. The third kappa shape index (κ3) is 2.57. The molecule has 0 saturated heterocycles. The molecule has 0 amide bonds. The van der Waals surface area contributed by atoms with Gasteiger partial charge in [-0.15, -0.1) is 0 Å². The summed E-state index contributed by atoms with van der Waals surface area (Å²) < 4.78 is 1.27. The summed E-state index contributed by atoms with van der Waals surface area (Å²) in [4.78, 5) is 0. The minimum Gasteiger partial charge on any atom is -0.0651 e. The Morgan fingerprint density at radius 1 is 1.15 bits per heavy atom. The molecule has 0 N–H and O–H groups in total. The lowest BCUT2D eigenvalue weighted by molar-refractivity contribution is 0.911. The second-order valence-corrected chi connectivity index (χ2v) is 4.33. The summed E-state index contributed by atoms with van der Waals surface area (Å²) in [7, 11) is 0. The Morgan fingerprint density at radius 3 is 2.38 bits per heavy atom. The molecule has 0 fully saturated rings. The Bertz CT molecular complexity index is 289. The van der Waals surface area contributed by atoms with Crippen LogP contribution in [0.4, 0.5) is 0 Å². The summed E-state index contributed by atoms with van der Waals surface area (Å²) in [6.07, 6.45) is 3.51. The molecule has 0 atom stereocenters. The van der Waals surface area contributed by atoms with Crippen LogP contribution in [0.1, 0.15) is 37.0 Å². The Hall–Kier alpha value is -0.300. The van der Waals surface area contributed by atoms with Crippen molar-refractivity contribution >= 4 is 15.9 Å². The van der Waals surface area contributed by atoms with E-state index in [0.29, 0.717) is 0 Å². The molecule has 1 aromatic rings. The first-order chi connectivity index (χ1) is 6.19. The minimum atomic E-state index is 1.12. The molecule has 13 heavy (non-hydrogen) atoms. The van der Waals surface area contributed by atoms with Crippen LogP contribution in [-0.2, 0) is 12.8 Å². The Labute approximate surface area is 89.5 Å². The van der Waals surface area contributed by atoms with Gasteiger partial charge in [-0.1, -0.05) is 42.3 Å². The Morgan fingerprint density at radius 2 is 1.85 bits per heavy atom. The fourth-order valence-corrected chi connectivity index (χ4v) is 2.21. The number of halogens is 1. The van der Waals surface area contributed by atoms with E-state index in [1.165, 1.54) is 34.0 Å². The van der Waals surface area contributed by atoms with Crippen molar-refractivity contribution in [1.29, 1.82) is 0 Å². The molecule has 0 aliphatic rings. The summed E-state index contributed by atoms with van der Waals surface area (Å²) >= 11 is 3.62. The van der Waals surface area contributed by atoms with Crippen molar-refractivity contribution in [2.45, 2.75) is 40.0 Å². The van der Waals surface area contributed by atoms with E-state index in [-0.39, 0.29) is 0 Å². The SMILES string of the molecule is CCCc1cc(C)c(CC)cc1Br. The molecule has 0 aromatic heterocycles. The van der Waals surface area contributed by atoms with Crippen LogP contribution in [0.3, 0.4) is 0 Å². The van der Waals surface area contributed by atoms with Crippen molar-refractivity contribution in [2.24, 2.45) is 0 Å². The monoisotopic (exact) mass is 240 g/mol. The summed E-state index contributed by atoms with van der Waals surface area (Å²) in [6.45, 7) is 6.62. The van der Waals surface area contributed by atoms with Gasteiger partial charge in [-0.2, -0.15) is 0 Å². The smallest absolute Gasteiger partial charge is 0.0210 e. The number of hydrogen-bond donors (Lipinski definition) is 0. The molecule has 1 heteroatoms. The first kappa shape index (κ1) is 10.8. The largest absolute Gasteiger partial charge is 0.0651 e. The molecular weight excluding hydrogens is 224 g/mol. The van der Waals surface area contributed by atoms with E-state index in [4.69, 9.17) is 0 Å². The van der Waals surface area contributed by atoms with Crippen molar-refractivity contribution < 1.29 is 0 Å². The Kier molecular flexibility index (Phi) is 3.98. The predicted molar refractivity (Wildman–Crippen MR) is 62.3 cm³/mol. The zero-order valence-corrected chi connectivity index (χ0v) is 10.2. The van der Waals surface area contributed by atoms with Crippen molar-refractivity contribution in [3.63, 3.8) is 0 Å². The van der Waals surface area contributed by atoms with E-state index in [0.717, 1.165) is 6.42 Å².